The molecular weight excluding hydrogens is 282 g/mol. The molecule has 0 bridgehead atoms. The average Bonchev–Trinajstić information content (AvgIpc) is 2.94. The van der Waals surface area contributed by atoms with E-state index in [-0.39, 0.29) is 0 Å². The lowest BCUT2D eigenvalue weighted by atomic mass is 10.0. The highest BCUT2D eigenvalue weighted by Gasteiger charge is 2.15. The van der Waals surface area contributed by atoms with Gasteiger partial charge in [-0.3, -0.25) is 4.40 Å². The summed E-state index contributed by atoms with van der Waals surface area (Å²) < 4.78 is 2.09. The van der Waals surface area contributed by atoms with Crippen LogP contribution in [0.4, 0.5) is 0 Å². The number of rotatable bonds is 1. The van der Waals surface area contributed by atoms with E-state index in [0.29, 0.717) is 5.56 Å². The summed E-state index contributed by atoms with van der Waals surface area (Å²) in [5.74, 6) is 0. The van der Waals surface area contributed by atoms with Crippen LogP contribution in [0.15, 0.2) is 54.6 Å². The fraction of sp³-hybridized carbons (Fsp3) is 0.100. The van der Waals surface area contributed by atoms with Crippen LogP contribution in [0.2, 0.25) is 0 Å². The number of aryl methyl sites for hydroxylation is 2. The van der Waals surface area contributed by atoms with E-state index >= 15 is 0 Å². The standard InChI is InChI=1S/C20H15N3/c1-13-7-9-15(10-8-13)19-11-14(2)16(12-21)20-22-17-5-3-4-6-18(17)23(19)20/h3-11H,1-2H3. The van der Waals surface area contributed by atoms with Gasteiger partial charge in [-0.25, -0.2) is 4.98 Å². The first-order valence-corrected chi connectivity index (χ1v) is 7.57. The second-order valence-electron chi connectivity index (χ2n) is 5.82. The smallest absolute Gasteiger partial charge is 0.156 e. The first-order chi connectivity index (χ1) is 11.2. The van der Waals surface area contributed by atoms with Gasteiger partial charge in [0, 0.05) is 0 Å². The van der Waals surface area contributed by atoms with Crippen molar-refractivity contribution in [1.82, 2.24) is 9.38 Å². The van der Waals surface area contributed by atoms with Crippen molar-refractivity contribution in [2.24, 2.45) is 0 Å². The van der Waals surface area contributed by atoms with Gasteiger partial charge in [-0.05, 0) is 43.2 Å². The summed E-state index contributed by atoms with van der Waals surface area (Å²) in [4.78, 5) is 4.69. The van der Waals surface area contributed by atoms with Crippen molar-refractivity contribution in [2.75, 3.05) is 0 Å². The van der Waals surface area contributed by atoms with E-state index in [0.717, 1.165) is 33.5 Å². The van der Waals surface area contributed by atoms with E-state index < -0.39 is 0 Å². The highest BCUT2D eigenvalue weighted by molar-refractivity contribution is 5.86. The Morgan fingerprint density at radius 3 is 2.48 bits per heavy atom. The first-order valence-electron chi connectivity index (χ1n) is 7.57. The van der Waals surface area contributed by atoms with Gasteiger partial charge in [0.1, 0.15) is 6.07 Å². The number of hydrogen-bond acceptors (Lipinski definition) is 2. The molecule has 2 heterocycles. The van der Waals surface area contributed by atoms with Gasteiger partial charge in [0.05, 0.1) is 22.3 Å². The summed E-state index contributed by atoms with van der Waals surface area (Å²) in [5, 5.41) is 9.54. The number of para-hydroxylation sites is 2. The zero-order chi connectivity index (χ0) is 16.0. The lowest BCUT2D eigenvalue weighted by Crippen LogP contribution is -1.98. The minimum absolute atomic E-state index is 0.636. The van der Waals surface area contributed by atoms with Crippen molar-refractivity contribution in [3.63, 3.8) is 0 Å². The summed E-state index contributed by atoms with van der Waals surface area (Å²) in [6.07, 6.45) is 0. The molecule has 2 aromatic carbocycles. The molecule has 110 valence electrons. The molecule has 0 radical (unpaired) electrons. The SMILES string of the molecule is Cc1ccc(-c2cc(C)c(C#N)c3nc4ccccc4n23)cc1. The predicted octanol–water partition coefficient (Wildman–Crippen LogP) is 4.64. The van der Waals surface area contributed by atoms with Crippen molar-refractivity contribution in [2.45, 2.75) is 13.8 Å². The average molecular weight is 297 g/mol. The van der Waals surface area contributed by atoms with Gasteiger partial charge in [-0.15, -0.1) is 0 Å². The molecule has 0 fully saturated rings. The molecular formula is C20H15N3. The second kappa shape index (κ2) is 4.96. The highest BCUT2D eigenvalue weighted by Crippen LogP contribution is 2.29. The van der Waals surface area contributed by atoms with Gasteiger partial charge in [0.2, 0.25) is 0 Å². The van der Waals surface area contributed by atoms with Crippen LogP contribution in [0.1, 0.15) is 16.7 Å². The highest BCUT2D eigenvalue weighted by atomic mass is 15.0. The third-order valence-corrected chi connectivity index (χ3v) is 4.23. The van der Waals surface area contributed by atoms with Gasteiger partial charge < -0.3 is 0 Å². The Balaban J connectivity index is 2.20. The Kier molecular flexibility index (Phi) is 2.92. The maximum Gasteiger partial charge on any atom is 0.156 e. The van der Waals surface area contributed by atoms with Crippen LogP contribution < -0.4 is 0 Å². The molecule has 0 unspecified atom stereocenters. The summed E-state index contributed by atoms with van der Waals surface area (Å²) in [7, 11) is 0. The Morgan fingerprint density at radius 1 is 1.00 bits per heavy atom. The van der Waals surface area contributed by atoms with Gasteiger partial charge in [-0.1, -0.05) is 42.0 Å². The van der Waals surface area contributed by atoms with Crippen molar-refractivity contribution in [1.29, 1.82) is 5.26 Å². The molecule has 4 aromatic rings. The molecule has 2 aromatic heterocycles. The molecule has 0 aliphatic carbocycles. The number of aromatic nitrogens is 2. The van der Waals surface area contributed by atoms with Crippen molar-refractivity contribution in [3.05, 3.63) is 71.3 Å². The molecule has 0 saturated heterocycles. The molecule has 0 aliphatic rings. The fourth-order valence-corrected chi connectivity index (χ4v) is 3.03. The number of nitrogens with zero attached hydrogens (tertiary/aromatic N) is 3. The molecule has 0 saturated carbocycles. The summed E-state index contributed by atoms with van der Waals surface area (Å²) >= 11 is 0. The van der Waals surface area contributed by atoms with Crippen molar-refractivity contribution >= 4 is 16.7 Å². The Bertz CT molecular complexity index is 1080. The molecule has 0 aliphatic heterocycles. The van der Waals surface area contributed by atoms with Crippen molar-refractivity contribution < 1.29 is 0 Å². The predicted molar refractivity (Wildman–Crippen MR) is 92.3 cm³/mol. The van der Waals surface area contributed by atoms with E-state index in [1.54, 1.807) is 0 Å². The minimum atomic E-state index is 0.636. The molecule has 3 heteroatoms. The molecule has 0 N–H and O–H groups in total. The maximum atomic E-state index is 9.54. The molecule has 0 spiro atoms. The quantitative estimate of drug-likeness (QED) is 0.513. The number of imidazole rings is 1. The topological polar surface area (TPSA) is 41.1 Å². The third kappa shape index (κ3) is 2.00. The lowest BCUT2D eigenvalue weighted by Gasteiger charge is -2.10. The van der Waals surface area contributed by atoms with Crippen LogP contribution in [0, 0.1) is 25.2 Å². The van der Waals surface area contributed by atoms with Gasteiger partial charge in [-0.2, -0.15) is 5.26 Å². The van der Waals surface area contributed by atoms with E-state index in [1.807, 2.05) is 31.2 Å². The molecule has 4 rings (SSSR count). The van der Waals surface area contributed by atoms with Crippen LogP contribution in [0.3, 0.4) is 0 Å². The van der Waals surface area contributed by atoms with Crippen molar-refractivity contribution in [3.8, 4) is 17.3 Å². The largest absolute Gasteiger partial charge is 0.291 e. The second-order valence-corrected chi connectivity index (χ2v) is 5.82. The third-order valence-electron chi connectivity index (χ3n) is 4.23. The van der Waals surface area contributed by atoms with E-state index in [2.05, 4.69) is 47.7 Å². The van der Waals surface area contributed by atoms with Crippen LogP contribution in [0.5, 0.6) is 0 Å². The van der Waals surface area contributed by atoms with Crippen LogP contribution >= 0.6 is 0 Å². The number of benzene rings is 2. The lowest BCUT2D eigenvalue weighted by molar-refractivity contribution is 1.19. The normalized spacial score (nSPS) is 11.0. The number of pyridine rings is 1. The molecule has 0 amide bonds. The summed E-state index contributed by atoms with van der Waals surface area (Å²) in [6.45, 7) is 4.05. The van der Waals surface area contributed by atoms with Gasteiger partial charge >= 0.3 is 0 Å². The van der Waals surface area contributed by atoms with E-state index in [4.69, 9.17) is 4.98 Å². The Labute approximate surface area is 134 Å². The van der Waals surface area contributed by atoms with Gasteiger partial charge in [0.25, 0.3) is 0 Å². The zero-order valence-corrected chi connectivity index (χ0v) is 13.0. The maximum absolute atomic E-state index is 9.54. The van der Waals surface area contributed by atoms with Crippen LogP contribution in [0.25, 0.3) is 27.9 Å². The zero-order valence-electron chi connectivity index (χ0n) is 13.0. The number of fused-ring (bicyclic) bond motifs is 3. The van der Waals surface area contributed by atoms with E-state index in [9.17, 15) is 5.26 Å². The molecule has 3 nitrogen and oxygen atoms in total. The monoisotopic (exact) mass is 297 g/mol. The summed E-state index contributed by atoms with van der Waals surface area (Å²) in [5.41, 5.74) is 7.65. The van der Waals surface area contributed by atoms with Crippen LogP contribution in [-0.2, 0) is 0 Å². The Morgan fingerprint density at radius 2 is 1.74 bits per heavy atom. The molecule has 0 atom stereocenters. The summed E-state index contributed by atoms with van der Waals surface area (Å²) in [6, 6.07) is 20.8. The minimum Gasteiger partial charge on any atom is -0.291 e. The number of nitriles is 1. The fourth-order valence-electron chi connectivity index (χ4n) is 3.03. The van der Waals surface area contributed by atoms with E-state index in [1.165, 1.54) is 5.56 Å². The van der Waals surface area contributed by atoms with Crippen LogP contribution in [-0.4, -0.2) is 9.38 Å². The van der Waals surface area contributed by atoms with Gasteiger partial charge in [0.15, 0.2) is 5.65 Å². The first kappa shape index (κ1) is 13.5. The molecule has 23 heavy (non-hydrogen) atoms. The number of hydrogen-bond donors (Lipinski definition) is 0. The Hall–Kier alpha value is -3.12.